The van der Waals surface area contributed by atoms with E-state index in [2.05, 4.69) is 57.5 Å². The number of carbonyl (C=O) groups excluding carboxylic acids is 1. The molecule has 7 heteroatoms. The van der Waals surface area contributed by atoms with Gasteiger partial charge in [-0.25, -0.2) is 9.97 Å². The van der Waals surface area contributed by atoms with Crippen LogP contribution in [0.4, 0.5) is 11.5 Å². The number of thiophene rings is 1. The van der Waals surface area contributed by atoms with Crippen LogP contribution in [0.15, 0.2) is 60.4 Å². The van der Waals surface area contributed by atoms with E-state index in [1.54, 1.807) is 11.6 Å². The van der Waals surface area contributed by atoms with Crippen LogP contribution in [0.3, 0.4) is 0 Å². The zero-order chi connectivity index (χ0) is 22.2. The third-order valence-corrected chi connectivity index (χ3v) is 6.55. The van der Waals surface area contributed by atoms with Crippen LogP contribution in [-0.4, -0.2) is 20.9 Å². The van der Waals surface area contributed by atoms with Gasteiger partial charge in [-0.3, -0.25) is 9.78 Å². The normalized spacial score (nSPS) is 11.2. The Morgan fingerprint density at radius 3 is 2.78 bits per heavy atom. The highest BCUT2D eigenvalue weighted by Crippen LogP contribution is 2.32. The SMILES string of the molecule is Cc1cccc(Cc2nccc3c(NC(=O)c4csc5c(N)ncnc45)c(C)ccc23)c1. The summed E-state index contributed by atoms with van der Waals surface area (Å²) < 4.78 is 0.719. The molecular formula is C25H21N5OS. The second-order valence-corrected chi connectivity index (χ2v) is 8.70. The van der Waals surface area contributed by atoms with Gasteiger partial charge >= 0.3 is 0 Å². The number of nitrogens with two attached hydrogens (primary N) is 1. The molecule has 32 heavy (non-hydrogen) atoms. The zero-order valence-corrected chi connectivity index (χ0v) is 18.5. The number of nitrogens with zero attached hydrogens (tertiary/aromatic N) is 3. The molecule has 3 N–H and O–H groups in total. The van der Waals surface area contributed by atoms with Crippen molar-refractivity contribution in [3.05, 3.63) is 88.3 Å². The summed E-state index contributed by atoms with van der Waals surface area (Å²) in [6.45, 7) is 4.07. The lowest BCUT2D eigenvalue weighted by Crippen LogP contribution is -2.13. The van der Waals surface area contributed by atoms with E-state index in [-0.39, 0.29) is 5.91 Å². The molecule has 5 aromatic rings. The molecule has 0 aliphatic rings. The predicted octanol–water partition coefficient (Wildman–Crippen LogP) is 5.28. The average molecular weight is 440 g/mol. The number of hydrogen-bond donors (Lipinski definition) is 2. The Hall–Kier alpha value is -3.84. The van der Waals surface area contributed by atoms with E-state index in [1.165, 1.54) is 28.8 Å². The molecule has 0 bridgehead atoms. The van der Waals surface area contributed by atoms with Crippen molar-refractivity contribution in [2.24, 2.45) is 0 Å². The number of hydrogen-bond acceptors (Lipinski definition) is 6. The predicted molar refractivity (Wildman–Crippen MR) is 130 cm³/mol. The number of pyridine rings is 1. The van der Waals surface area contributed by atoms with E-state index >= 15 is 0 Å². The topological polar surface area (TPSA) is 93.8 Å². The molecule has 0 saturated carbocycles. The van der Waals surface area contributed by atoms with Crippen molar-refractivity contribution in [2.75, 3.05) is 11.1 Å². The summed E-state index contributed by atoms with van der Waals surface area (Å²) >= 11 is 1.37. The lowest BCUT2D eigenvalue weighted by Gasteiger charge is -2.14. The van der Waals surface area contributed by atoms with Crippen molar-refractivity contribution >= 4 is 49.7 Å². The van der Waals surface area contributed by atoms with Crippen LogP contribution in [0, 0.1) is 13.8 Å². The number of amides is 1. The van der Waals surface area contributed by atoms with Crippen molar-refractivity contribution in [3.63, 3.8) is 0 Å². The average Bonchev–Trinajstić information content (AvgIpc) is 3.22. The summed E-state index contributed by atoms with van der Waals surface area (Å²) in [7, 11) is 0. The Balaban J connectivity index is 1.54. The van der Waals surface area contributed by atoms with Gasteiger partial charge in [0.05, 0.1) is 27.2 Å². The minimum Gasteiger partial charge on any atom is -0.382 e. The summed E-state index contributed by atoms with van der Waals surface area (Å²) in [5.74, 6) is 0.161. The molecule has 0 atom stereocenters. The van der Waals surface area contributed by atoms with Gasteiger partial charge in [0, 0.05) is 28.8 Å². The molecule has 0 aliphatic heterocycles. The van der Waals surface area contributed by atoms with Crippen molar-refractivity contribution in [1.82, 2.24) is 15.0 Å². The van der Waals surface area contributed by atoms with Crippen LogP contribution in [-0.2, 0) is 6.42 Å². The second kappa shape index (κ2) is 8.01. The third kappa shape index (κ3) is 3.56. The van der Waals surface area contributed by atoms with Crippen LogP contribution < -0.4 is 11.1 Å². The maximum Gasteiger partial charge on any atom is 0.258 e. The third-order valence-electron chi connectivity index (χ3n) is 5.55. The first-order valence-corrected chi connectivity index (χ1v) is 11.1. The highest BCUT2D eigenvalue weighted by Gasteiger charge is 2.18. The number of fused-ring (bicyclic) bond motifs is 2. The van der Waals surface area contributed by atoms with Crippen molar-refractivity contribution in [1.29, 1.82) is 0 Å². The van der Waals surface area contributed by atoms with Crippen LogP contribution in [0.2, 0.25) is 0 Å². The van der Waals surface area contributed by atoms with Gasteiger partial charge in [0.1, 0.15) is 12.1 Å². The number of nitrogens with one attached hydrogen (secondary N) is 1. The molecule has 0 radical (unpaired) electrons. The lowest BCUT2D eigenvalue weighted by molar-refractivity contribution is 0.102. The van der Waals surface area contributed by atoms with E-state index < -0.39 is 0 Å². The summed E-state index contributed by atoms with van der Waals surface area (Å²) in [6.07, 6.45) is 3.91. The van der Waals surface area contributed by atoms with Crippen molar-refractivity contribution < 1.29 is 4.79 Å². The Kier molecular flexibility index (Phi) is 5.03. The number of benzene rings is 2. The molecule has 0 fully saturated rings. The first kappa shape index (κ1) is 20.1. The monoisotopic (exact) mass is 439 g/mol. The van der Waals surface area contributed by atoms with Gasteiger partial charge in [0.2, 0.25) is 0 Å². The molecular weight excluding hydrogens is 418 g/mol. The molecule has 0 spiro atoms. The van der Waals surface area contributed by atoms with E-state index in [1.807, 2.05) is 19.1 Å². The van der Waals surface area contributed by atoms with Crippen molar-refractivity contribution in [2.45, 2.75) is 20.3 Å². The van der Waals surface area contributed by atoms with E-state index in [4.69, 9.17) is 5.73 Å². The fourth-order valence-electron chi connectivity index (χ4n) is 3.96. The maximum absolute atomic E-state index is 13.2. The molecule has 5 rings (SSSR count). The van der Waals surface area contributed by atoms with E-state index in [0.29, 0.717) is 16.9 Å². The highest BCUT2D eigenvalue weighted by atomic mass is 32.1. The van der Waals surface area contributed by atoms with Crippen LogP contribution in [0.5, 0.6) is 0 Å². The number of carbonyl (C=O) groups is 1. The zero-order valence-electron chi connectivity index (χ0n) is 17.7. The molecule has 158 valence electrons. The largest absolute Gasteiger partial charge is 0.382 e. The van der Waals surface area contributed by atoms with E-state index in [9.17, 15) is 4.79 Å². The van der Waals surface area contributed by atoms with Crippen molar-refractivity contribution in [3.8, 4) is 0 Å². The molecule has 6 nitrogen and oxygen atoms in total. The van der Waals surface area contributed by atoms with Gasteiger partial charge in [0.25, 0.3) is 5.91 Å². The number of rotatable bonds is 4. The first-order chi connectivity index (χ1) is 15.5. The maximum atomic E-state index is 13.2. The molecule has 3 heterocycles. The van der Waals surface area contributed by atoms with Gasteiger partial charge in [-0.15, -0.1) is 11.3 Å². The fourth-order valence-corrected chi connectivity index (χ4v) is 4.86. The summed E-state index contributed by atoms with van der Waals surface area (Å²) in [6, 6.07) is 14.5. The van der Waals surface area contributed by atoms with Crippen LogP contribution >= 0.6 is 11.3 Å². The van der Waals surface area contributed by atoms with Gasteiger partial charge in [-0.2, -0.15) is 0 Å². The lowest BCUT2D eigenvalue weighted by atomic mass is 9.99. The van der Waals surface area contributed by atoms with Crippen LogP contribution in [0.1, 0.15) is 32.7 Å². The number of nitrogen functional groups attached to an aromatic ring is 1. The Labute approximate surface area is 189 Å². The highest BCUT2D eigenvalue weighted by molar-refractivity contribution is 7.18. The second-order valence-electron chi connectivity index (χ2n) is 7.82. The van der Waals surface area contributed by atoms with Crippen LogP contribution in [0.25, 0.3) is 21.0 Å². The Morgan fingerprint density at radius 1 is 1.06 bits per heavy atom. The Morgan fingerprint density at radius 2 is 1.94 bits per heavy atom. The molecule has 3 aromatic heterocycles. The fraction of sp³-hybridized carbons (Fsp3) is 0.120. The summed E-state index contributed by atoms with van der Waals surface area (Å²) in [4.78, 5) is 26.1. The number of aromatic nitrogens is 3. The molecule has 1 amide bonds. The number of aryl methyl sites for hydroxylation is 2. The minimum atomic E-state index is -0.220. The number of anilines is 2. The first-order valence-electron chi connectivity index (χ1n) is 10.2. The minimum absolute atomic E-state index is 0.220. The molecule has 0 saturated heterocycles. The quantitative estimate of drug-likeness (QED) is 0.397. The Bertz CT molecular complexity index is 1490. The van der Waals surface area contributed by atoms with E-state index in [0.717, 1.165) is 38.8 Å². The van der Waals surface area contributed by atoms with Gasteiger partial charge in [-0.1, -0.05) is 42.0 Å². The molecule has 2 aromatic carbocycles. The smallest absolute Gasteiger partial charge is 0.258 e. The van der Waals surface area contributed by atoms with Gasteiger partial charge in [0.15, 0.2) is 0 Å². The summed E-state index contributed by atoms with van der Waals surface area (Å²) in [5, 5.41) is 6.87. The van der Waals surface area contributed by atoms with Gasteiger partial charge < -0.3 is 11.1 Å². The molecule has 0 unspecified atom stereocenters. The summed E-state index contributed by atoms with van der Waals surface area (Å²) in [5.41, 5.74) is 12.2. The molecule has 0 aliphatic carbocycles. The van der Waals surface area contributed by atoms with Gasteiger partial charge in [-0.05, 0) is 31.0 Å². The standard InChI is InChI=1S/C25H21N5OS/c1-14-4-3-5-16(10-14)11-20-17-7-6-15(2)21(18(17)8-9-27-20)30-25(31)19-12-32-23-22(19)28-13-29-24(23)26/h3-10,12-13H,11H2,1-2H3,(H,30,31)(H2,26,28,29).